The Balaban J connectivity index is 1.04. The van der Waals surface area contributed by atoms with Crippen LogP contribution in [-0.4, -0.2) is 15.3 Å². The number of rotatable bonds is 6. The summed E-state index contributed by atoms with van der Waals surface area (Å²) in [5.41, 5.74) is 16.0. The molecular weight excluding hydrogens is 669 g/mol. The average Bonchev–Trinajstić information content (AvgIpc) is 3.91. The van der Waals surface area contributed by atoms with Crippen LogP contribution in [0.25, 0.3) is 50.6 Å². The van der Waals surface area contributed by atoms with E-state index in [-0.39, 0.29) is 0 Å². The van der Waals surface area contributed by atoms with Crippen LogP contribution in [0.1, 0.15) is 11.1 Å². The van der Waals surface area contributed by atoms with Crippen LogP contribution < -0.4 is 4.90 Å². The molecule has 0 fully saturated rings. The van der Waals surface area contributed by atoms with Gasteiger partial charge in [-0.2, -0.15) is 0 Å². The molecule has 2 aliphatic heterocycles. The number of benzene rings is 7. The molecule has 4 nitrogen and oxygen atoms in total. The summed E-state index contributed by atoms with van der Waals surface area (Å²) in [5.74, 6) is 0.974. The second-order valence-electron chi connectivity index (χ2n) is 14.2. The molecule has 55 heavy (non-hydrogen) atoms. The van der Waals surface area contributed by atoms with Gasteiger partial charge in [-0.3, -0.25) is 0 Å². The lowest BCUT2D eigenvalue weighted by Gasteiger charge is -2.32. The predicted molar refractivity (Wildman–Crippen MR) is 226 cm³/mol. The van der Waals surface area contributed by atoms with Crippen LogP contribution in [0.2, 0.25) is 0 Å². The predicted octanol–water partition coefficient (Wildman–Crippen LogP) is 12.8. The third kappa shape index (κ3) is 4.92. The normalized spacial score (nSPS) is 15.9. The van der Waals surface area contributed by atoms with Gasteiger partial charge in [-0.05, 0) is 83.4 Å². The van der Waals surface area contributed by atoms with Crippen LogP contribution in [0.5, 0.6) is 0 Å². The van der Waals surface area contributed by atoms with Gasteiger partial charge in [-0.25, -0.2) is 9.98 Å². The molecule has 0 saturated heterocycles. The van der Waals surface area contributed by atoms with Crippen LogP contribution >= 0.6 is 0 Å². The van der Waals surface area contributed by atoms with E-state index in [1.165, 1.54) is 5.56 Å². The molecule has 1 unspecified atom stereocenters. The number of para-hydroxylation sites is 2. The zero-order valence-corrected chi connectivity index (χ0v) is 29.9. The minimum absolute atomic E-state index is 0.594. The van der Waals surface area contributed by atoms with Crippen LogP contribution in [0, 0.1) is 0 Å². The zero-order valence-electron chi connectivity index (χ0n) is 29.9. The Labute approximate surface area is 320 Å². The quantitative estimate of drug-likeness (QED) is 0.173. The monoisotopic (exact) mass is 702 g/mol. The number of imidazole rings is 1. The fourth-order valence-electron chi connectivity index (χ4n) is 8.59. The van der Waals surface area contributed by atoms with Crippen molar-refractivity contribution < 1.29 is 0 Å². The summed E-state index contributed by atoms with van der Waals surface area (Å²) in [6, 6.07) is 66.6. The summed E-state index contributed by atoms with van der Waals surface area (Å²) in [5, 5.41) is 0. The first-order valence-electron chi connectivity index (χ1n) is 18.8. The molecule has 8 aromatic rings. The van der Waals surface area contributed by atoms with Gasteiger partial charge in [0.05, 0.1) is 22.8 Å². The van der Waals surface area contributed by atoms with Crippen molar-refractivity contribution in [3.05, 3.63) is 217 Å². The highest BCUT2D eigenvalue weighted by Gasteiger charge is 2.46. The molecule has 1 aliphatic carbocycles. The number of aliphatic imine (C=N–C) groups is 1. The van der Waals surface area contributed by atoms with Crippen molar-refractivity contribution >= 4 is 34.0 Å². The molecule has 1 atom stereocenters. The number of allylic oxidation sites excluding steroid dienone is 4. The maximum atomic E-state index is 5.44. The van der Waals surface area contributed by atoms with Crippen molar-refractivity contribution in [2.24, 2.45) is 4.99 Å². The van der Waals surface area contributed by atoms with Crippen molar-refractivity contribution in [2.75, 3.05) is 4.90 Å². The van der Waals surface area contributed by atoms with E-state index in [2.05, 4.69) is 216 Å². The van der Waals surface area contributed by atoms with Gasteiger partial charge in [0.25, 0.3) is 0 Å². The van der Waals surface area contributed by atoms with E-state index in [1.807, 2.05) is 0 Å². The van der Waals surface area contributed by atoms with Gasteiger partial charge in [0.1, 0.15) is 11.4 Å². The Morgan fingerprint density at radius 3 is 1.76 bits per heavy atom. The van der Waals surface area contributed by atoms with E-state index in [0.717, 1.165) is 84.6 Å². The van der Waals surface area contributed by atoms with Gasteiger partial charge in [-0.1, -0.05) is 140 Å². The smallest absolute Gasteiger partial charge is 0.142 e. The molecule has 0 amide bonds. The third-order valence-corrected chi connectivity index (χ3v) is 11.1. The van der Waals surface area contributed by atoms with Gasteiger partial charge in [-0.15, -0.1) is 0 Å². The van der Waals surface area contributed by atoms with E-state index in [1.54, 1.807) is 0 Å². The summed E-state index contributed by atoms with van der Waals surface area (Å²) < 4.78 is 2.46. The Bertz CT molecular complexity index is 2790. The lowest BCUT2D eigenvalue weighted by molar-refractivity contribution is 0.594. The Kier molecular flexibility index (Phi) is 7.04. The second kappa shape index (κ2) is 12.4. The van der Waals surface area contributed by atoms with E-state index in [0.29, 0.717) is 0 Å². The molecule has 4 heteroatoms. The minimum atomic E-state index is -0.594. The Morgan fingerprint density at radius 1 is 0.491 bits per heavy atom. The van der Waals surface area contributed by atoms with Crippen molar-refractivity contribution in [3.63, 3.8) is 0 Å². The molecule has 1 aromatic heterocycles. The number of anilines is 3. The van der Waals surface area contributed by atoms with E-state index in [4.69, 9.17) is 9.98 Å². The molecule has 258 valence electrons. The standard InChI is InChI=1S/C51H34N4/c1-5-15-36(16-6-1)48-49(37-17-7-2-8-18-37)55-50(53-48)42-23-13-14-24-45(42)51(55)32-31-47-44(34-51)43-33-38(27-30-46(43)52-47)35-25-28-41(29-26-35)54(39-19-9-3-10-20-39)40-21-11-4-12-22-40/h1-34H. The minimum Gasteiger partial charge on any atom is -0.311 e. The van der Waals surface area contributed by atoms with Crippen molar-refractivity contribution in [3.8, 4) is 45.0 Å². The lowest BCUT2D eigenvalue weighted by Crippen LogP contribution is -2.31. The van der Waals surface area contributed by atoms with Crippen molar-refractivity contribution in [1.82, 2.24) is 9.55 Å². The SMILES string of the molecule is C1=CC2(C=C3C1=Nc1ccc(-c4ccc(N(c5ccccc5)c5ccccc5)cc4)cc13)c1ccccc1-c1nc(-c3ccccc3)c(-c3ccccc3)n12. The van der Waals surface area contributed by atoms with Gasteiger partial charge in [0.2, 0.25) is 0 Å². The molecular formula is C51H34N4. The fourth-order valence-corrected chi connectivity index (χ4v) is 8.59. The highest BCUT2D eigenvalue weighted by atomic mass is 15.2. The zero-order chi connectivity index (χ0) is 36.3. The summed E-state index contributed by atoms with van der Waals surface area (Å²) >= 11 is 0. The van der Waals surface area contributed by atoms with E-state index < -0.39 is 5.54 Å². The first kappa shape index (κ1) is 31.2. The molecule has 0 N–H and O–H groups in total. The maximum absolute atomic E-state index is 5.44. The van der Waals surface area contributed by atoms with Crippen LogP contribution in [0.15, 0.2) is 211 Å². The van der Waals surface area contributed by atoms with Gasteiger partial charge < -0.3 is 9.47 Å². The number of hydrogen-bond donors (Lipinski definition) is 0. The summed E-state index contributed by atoms with van der Waals surface area (Å²) in [6.45, 7) is 0. The van der Waals surface area contributed by atoms with Crippen LogP contribution in [0.4, 0.5) is 22.7 Å². The molecule has 0 saturated carbocycles. The van der Waals surface area contributed by atoms with Crippen molar-refractivity contribution in [2.45, 2.75) is 5.54 Å². The number of hydrogen-bond acceptors (Lipinski definition) is 3. The molecule has 3 aliphatic rings. The van der Waals surface area contributed by atoms with Crippen LogP contribution in [0.3, 0.4) is 0 Å². The van der Waals surface area contributed by atoms with Gasteiger partial charge in [0.15, 0.2) is 0 Å². The largest absolute Gasteiger partial charge is 0.311 e. The number of fused-ring (bicyclic) bond motifs is 8. The van der Waals surface area contributed by atoms with Crippen molar-refractivity contribution in [1.29, 1.82) is 0 Å². The first-order valence-corrected chi connectivity index (χ1v) is 18.8. The molecule has 1 spiro atoms. The van der Waals surface area contributed by atoms with E-state index in [9.17, 15) is 0 Å². The highest BCUT2D eigenvalue weighted by molar-refractivity contribution is 6.35. The lowest BCUT2D eigenvalue weighted by atomic mass is 9.81. The Hall–Kier alpha value is -7.30. The third-order valence-electron chi connectivity index (χ3n) is 11.1. The summed E-state index contributed by atoms with van der Waals surface area (Å²) in [6.07, 6.45) is 6.97. The van der Waals surface area contributed by atoms with Crippen LogP contribution in [-0.2, 0) is 5.54 Å². The van der Waals surface area contributed by atoms with Gasteiger partial charge >= 0.3 is 0 Å². The molecule has 11 rings (SSSR count). The Morgan fingerprint density at radius 2 is 1.07 bits per heavy atom. The fraction of sp³-hybridized carbons (Fsp3) is 0.0196. The molecule has 7 aromatic carbocycles. The molecule has 0 radical (unpaired) electrons. The number of nitrogens with zero attached hydrogens (tertiary/aromatic N) is 4. The maximum Gasteiger partial charge on any atom is 0.142 e. The first-order chi connectivity index (χ1) is 27.2. The summed E-state index contributed by atoms with van der Waals surface area (Å²) in [4.78, 5) is 12.9. The second-order valence-corrected chi connectivity index (χ2v) is 14.2. The topological polar surface area (TPSA) is 33.4 Å². The van der Waals surface area contributed by atoms with Gasteiger partial charge in [0, 0.05) is 44.9 Å². The number of aromatic nitrogens is 2. The highest BCUT2D eigenvalue weighted by Crippen LogP contribution is 2.54. The summed E-state index contributed by atoms with van der Waals surface area (Å²) in [7, 11) is 0. The molecule has 0 bridgehead atoms. The molecule has 3 heterocycles. The average molecular weight is 703 g/mol. The van der Waals surface area contributed by atoms with E-state index >= 15 is 0 Å².